The number of carbonyl (C=O) groups is 2. The molecule has 2 N–H and O–H groups in total. The molecule has 0 aliphatic carbocycles. The van der Waals surface area contributed by atoms with E-state index in [0.717, 1.165) is 9.75 Å². The Morgan fingerprint density at radius 2 is 1.50 bits per heavy atom. The van der Waals surface area contributed by atoms with Crippen LogP contribution in [0.5, 0.6) is 0 Å². The van der Waals surface area contributed by atoms with Crippen LogP contribution in [0.15, 0.2) is 65.4 Å². The zero-order valence-corrected chi connectivity index (χ0v) is 15.5. The number of nitrogens with one attached hydrogen (secondary N) is 1. The molecule has 2 aromatic heterocycles. The molecule has 1 atom stereocenters. The molecule has 3 aromatic rings. The third kappa shape index (κ3) is 4.71. The number of thiophene rings is 2. The van der Waals surface area contributed by atoms with Gasteiger partial charge in [0.05, 0.1) is 13.1 Å². The van der Waals surface area contributed by atoms with Crippen LogP contribution in [0.2, 0.25) is 0 Å². The molecule has 1 aromatic carbocycles. The maximum absolute atomic E-state index is 12.8. The van der Waals surface area contributed by atoms with Gasteiger partial charge in [-0.25, -0.2) is 9.59 Å². The Kier molecular flexibility index (Phi) is 6.04. The zero-order valence-electron chi connectivity index (χ0n) is 13.9. The number of carboxylic acids is 1. The van der Waals surface area contributed by atoms with Crippen molar-refractivity contribution in [3.05, 3.63) is 80.7 Å². The maximum Gasteiger partial charge on any atom is 0.330 e. The van der Waals surface area contributed by atoms with Crippen LogP contribution in [0.1, 0.15) is 21.4 Å². The van der Waals surface area contributed by atoms with Gasteiger partial charge in [0.1, 0.15) is 0 Å². The summed E-state index contributed by atoms with van der Waals surface area (Å²) in [6.45, 7) is 0.866. The molecule has 5 nitrogen and oxygen atoms in total. The van der Waals surface area contributed by atoms with Crippen LogP contribution in [0.3, 0.4) is 0 Å². The van der Waals surface area contributed by atoms with Gasteiger partial charge in [0.2, 0.25) is 0 Å². The van der Waals surface area contributed by atoms with Crippen molar-refractivity contribution in [3.63, 3.8) is 0 Å². The lowest BCUT2D eigenvalue weighted by molar-refractivity contribution is -0.139. The summed E-state index contributed by atoms with van der Waals surface area (Å²) in [6, 6.07) is 15.0. The van der Waals surface area contributed by atoms with Crippen molar-refractivity contribution in [2.75, 3.05) is 0 Å². The quantitative estimate of drug-likeness (QED) is 0.634. The van der Waals surface area contributed by atoms with Crippen molar-refractivity contribution in [1.29, 1.82) is 0 Å². The van der Waals surface area contributed by atoms with Crippen molar-refractivity contribution < 1.29 is 14.7 Å². The highest BCUT2D eigenvalue weighted by Crippen LogP contribution is 2.19. The molecule has 26 heavy (non-hydrogen) atoms. The number of hydrogen-bond donors (Lipinski definition) is 2. The summed E-state index contributed by atoms with van der Waals surface area (Å²) in [5.74, 6) is -1.09. The maximum atomic E-state index is 12.8. The van der Waals surface area contributed by atoms with Crippen molar-refractivity contribution in [1.82, 2.24) is 10.2 Å². The molecule has 0 fully saturated rings. The first-order chi connectivity index (χ1) is 12.6. The Morgan fingerprint density at radius 3 is 1.96 bits per heavy atom. The fourth-order valence-electron chi connectivity index (χ4n) is 2.53. The molecular weight excluding hydrogens is 368 g/mol. The van der Waals surface area contributed by atoms with Crippen LogP contribution < -0.4 is 5.32 Å². The number of benzene rings is 1. The van der Waals surface area contributed by atoms with E-state index in [9.17, 15) is 14.7 Å². The summed E-state index contributed by atoms with van der Waals surface area (Å²) in [4.78, 5) is 28.2. The molecule has 0 unspecified atom stereocenters. The Balaban J connectivity index is 1.78. The standard InChI is InChI=1S/C19H18N2O3S2/c22-18(23)17(14-6-2-1-3-7-14)20-19(24)21(12-15-8-4-10-25-15)13-16-9-5-11-26-16/h1-11,17H,12-13H2,(H,20,24)(H,22,23)/t17-/m1/s1. The normalized spacial score (nSPS) is 11.7. The topological polar surface area (TPSA) is 69.6 Å². The number of nitrogens with zero attached hydrogens (tertiary/aromatic N) is 1. The summed E-state index contributed by atoms with van der Waals surface area (Å²) in [5, 5.41) is 16.1. The summed E-state index contributed by atoms with van der Waals surface area (Å²) in [7, 11) is 0. The second-order valence-electron chi connectivity index (χ2n) is 5.65. The van der Waals surface area contributed by atoms with Crippen LogP contribution in [-0.2, 0) is 17.9 Å². The fourth-order valence-corrected chi connectivity index (χ4v) is 3.97. The predicted molar refractivity (Wildman–Crippen MR) is 103 cm³/mol. The molecule has 2 amide bonds. The summed E-state index contributed by atoms with van der Waals surface area (Å²) >= 11 is 3.14. The van der Waals surface area contributed by atoms with Gasteiger partial charge in [-0.3, -0.25) is 0 Å². The SMILES string of the molecule is O=C(O)[C@H](NC(=O)N(Cc1cccs1)Cc1cccs1)c1ccccc1. The highest BCUT2D eigenvalue weighted by Gasteiger charge is 2.25. The van der Waals surface area contributed by atoms with Crippen LogP contribution in [-0.4, -0.2) is 22.0 Å². The molecule has 0 saturated carbocycles. The molecule has 0 aliphatic rings. The molecule has 0 aliphatic heterocycles. The number of amides is 2. The molecule has 0 radical (unpaired) electrons. The van der Waals surface area contributed by atoms with E-state index in [1.165, 1.54) is 0 Å². The lowest BCUT2D eigenvalue weighted by atomic mass is 10.1. The molecular formula is C19H18N2O3S2. The second-order valence-corrected chi connectivity index (χ2v) is 7.71. The van der Waals surface area contributed by atoms with Crippen molar-refractivity contribution >= 4 is 34.7 Å². The predicted octanol–water partition coefficient (Wildman–Crippen LogP) is 4.35. The van der Waals surface area contributed by atoms with Gasteiger partial charge in [0, 0.05) is 9.75 Å². The average molecular weight is 386 g/mol. The van der Waals surface area contributed by atoms with E-state index >= 15 is 0 Å². The van der Waals surface area contributed by atoms with Gasteiger partial charge in [-0.1, -0.05) is 42.5 Å². The van der Waals surface area contributed by atoms with Gasteiger partial charge >= 0.3 is 12.0 Å². The lowest BCUT2D eigenvalue weighted by Crippen LogP contribution is -2.43. The minimum atomic E-state index is -1.09. The minimum Gasteiger partial charge on any atom is -0.479 e. The van der Waals surface area contributed by atoms with E-state index in [-0.39, 0.29) is 0 Å². The van der Waals surface area contributed by atoms with Crippen LogP contribution in [0.25, 0.3) is 0 Å². The second kappa shape index (κ2) is 8.64. The summed E-state index contributed by atoms with van der Waals surface area (Å²) in [6.07, 6.45) is 0. The molecule has 7 heteroatoms. The lowest BCUT2D eigenvalue weighted by Gasteiger charge is -2.24. The van der Waals surface area contributed by atoms with Gasteiger partial charge < -0.3 is 15.3 Å². The molecule has 0 spiro atoms. The first kappa shape index (κ1) is 18.2. The average Bonchev–Trinajstić information content (AvgIpc) is 3.33. The van der Waals surface area contributed by atoms with Gasteiger partial charge in [0.25, 0.3) is 0 Å². The van der Waals surface area contributed by atoms with Crippen LogP contribution >= 0.6 is 22.7 Å². The molecule has 2 heterocycles. The van der Waals surface area contributed by atoms with Gasteiger partial charge in [-0.2, -0.15) is 0 Å². The summed E-state index contributed by atoms with van der Waals surface area (Å²) in [5.41, 5.74) is 0.542. The summed E-state index contributed by atoms with van der Waals surface area (Å²) < 4.78 is 0. The monoisotopic (exact) mass is 386 g/mol. The third-order valence-corrected chi connectivity index (χ3v) is 5.51. The van der Waals surface area contributed by atoms with E-state index in [1.54, 1.807) is 51.8 Å². The smallest absolute Gasteiger partial charge is 0.330 e. The number of carboxylic acid groups (broad SMARTS) is 1. The number of aliphatic carboxylic acids is 1. The van der Waals surface area contributed by atoms with Gasteiger partial charge in [-0.15, -0.1) is 22.7 Å². The largest absolute Gasteiger partial charge is 0.479 e. The van der Waals surface area contributed by atoms with E-state index in [1.807, 2.05) is 41.1 Å². The first-order valence-corrected chi connectivity index (χ1v) is 9.77. The first-order valence-electron chi connectivity index (χ1n) is 8.01. The van der Waals surface area contributed by atoms with E-state index in [0.29, 0.717) is 18.7 Å². The van der Waals surface area contributed by atoms with Crippen molar-refractivity contribution in [2.45, 2.75) is 19.1 Å². The van der Waals surface area contributed by atoms with E-state index < -0.39 is 18.0 Å². The Labute approximate surface area is 159 Å². The van der Waals surface area contributed by atoms with E-state index in [4.69, 9.17) is 0 Å². The van der Waals surface area contributed by atoms with Crippen molar-refractivity contribution in [3.8, 4) is 0 Å². The Morgan fingerprint density at radius 1 is 0.923 bits per heavy atom. The zero-order chi connectivity index (χ0) is 18.4. The highest BCUT2D eigenvalue weighted by atomic mass is 32.1. The number of urea groups is 1. The van der Waals surface area contributed by atoms with Crippen molar-refractivity contribution in [2.24, 2.45) is 0 Å². The van der Waals surface area contributed by atoms with Gasteiger partial charge in [-0.05, 0) is 28.5 Å². The Bertz CT molecular complexity index is 797. The van der Waals surface area contributed by atoms with E-state index in [2.05, 4.69) is 5.32 Å². The number of carbonyl (C=O) groups excluding carboxylic acids is 1. The fraction of sp³-hybridized carbons (Fsp3) is 0.158. The third-order valence-electron chi connectivity index (χ3n) is 3.79. The number of rotatable bonds is 7. The van der Waals surface area contributed by atoms with Gasteiger partial charge in [0.15, 0.2) is 6.04 Å². The number of hydrogen-bond acceptors (Lipinski definition) is 4. The molecule has 0 bridgehead atoms. The Hall–Kier alpha value is -2.64. The molecule has 3 rings (SSSR count). The minimum absolute atomic E-state index is 0.400. The molecule has 0 saturated heterocycles. The molecule has 134 valence electrons. The van der Waals surface area contributed by atoms with Crippen LogP contribution in [0.4, 0.5) is 4.79 Å². The highest BCUT2D eigenvalue weighted by molar-refractivity contribution is 7.10. The van der Waals surface area contributed by atoms with Crippen LogP contribution in [0, 0.1) is 0 Å².